The minimum absolute atomic E-state index is 0. The minimum atomic E-state index is -0.282. The van der Waals surface area contributed by atoms with Crippen LogP contribution < -0.4 is 26.5 Å². The number of methoxy groups -OCH3 is 2. The Balaban J connectivity index is 0.000000636. The van der Waals surface area contributed by atoms with Crippen LogP contribution in [-0.4, -0.2) is 78.2 Å². The van der Waals surface area contributed by atoms with Crippen molar-refractivity contribution >= 4 is 56.5 Å². The largest absolute Gasteiger partial charge is 2.00 e. The molecular formula is C26H28BrMgN3O5. The van der Waals surface area contributed by atoms with Gasteiger partial charge in [0.2, 0.25) is 0 Å². The van der Waals surface area contributed by atoms with Gasteiger partial charge in [0.15, 0.2) is 5.78 Å². The van der Waals surface area contributed by atoms with Crippen molar-refractivity contribution < 1.29 is 40.9 Å². The molecule has 0 spiro atoms. The average molecular weight is 567 g/mol. The summed E-state index contributed by atoms with van der Waals surface area (Å²) in [6.45, 7) is 1.51. The number of hydrogen-bond donors (Lipinski definition) is 0. The van der Waals surface area contributed by atoms with E-state index in [1.165, 1.54) is 14.0 Å². The number of nitrogens with zero attached hydrogens (tertiary/aromatic N) is 3. The van der Waals surface area contributed by atoms with Crippen LogP contribution in [0.3, 0.4) is 0 Å². The molecule has 36 heavy (non-hydrogen) atoms. The number of Topliss-reactive ketones (excluding diaryl/α,β-unsaturated/α-hetero) is 1. The molecule has 0 fully saturated rings. The molecule has 0 aliphatic rings. The Bertz CT molecular complexity index is 1320. The number of carbonyl (C=O) groups excluding carboxylic acids is 2. The summed E-state index contributed by atoms with van der Waals surface area (Å²) < 4.78 is 10.2. The first-order chi connectivity index (χ1) is 15.9. The van der Waals surface area contributed by atoms with Crippen LogP contribution in [0.15, 0.2) is 60.7 Å². The molecule has 8 nitrogen and oxygen atoms in total. The maximum atomic E-state index is 11.9. The molecule has 0 unspecified atom stereocenters. The molecule has 1 amide bonds. The van der Waals surface area contributed by atoms with Crippen LogP contribution in [0.25, 0.3) is 21.8 Å². The van der Waals surface area contributed by atoms with Crippen molar-refractivity contribution in [1.82, 2.24) is 15.0 Å². The van der Waals surface area contributed by atoms with Gasteiger partial charge in [-0.05, 0) is 48.5 Å². The maximum Gasteiger partial charge on any atom is 2.00 e. The quantitative estimate of drug-likeness (QED) is 0.156. The summed E-state index contributed by atoms with van der Waals surface area (Å²) >= 11 is 0. The number of hydroxylamine groups is 2. The molecule has 2 heterocycles. The van der Waals surface area contributed by atoms with E-state index in [0.717, 1.165) is 38.4 Å². The Morgan fingerprint density at radius 3 is 1.61 bits per heavy atom. The molecule has 0 aliphatic carbocycles. The van der Waals surface area contributed by atoms with Crippen molar-refractivity contribution in [3.63, 3.8) is 0 Å². The van der Waals surface area contributed by atoms with E-state index in [9.17, 15) is 9.59 Å². The van der Waals surface area contributed by atoms with Crippen LogP contribution in [0.1, 0.15) is 27.9 Å². The van der Waals surface area contributed by atoms with E-state index in [2.05, 4.69) is 9.97 Å². The molecule has 0 radical (unpaired) electrons. The number of amides is 1. The van der Waals surface area contributed by atoms with E-state index in [1.54, 1.807) is 33.4 Å². The SMILES string of the molecule is COc1ccc2nc(C(=O)N(C)OC)ccc2c1.COc1ccc2nc(C(C)=O)ccc2c1.[Br-].[CH3-].[Mg+2]. The smallest absolute Gasteiger partial charge is 1.00 e. The molecule has 10 heteroatoms. The van der Waals surface area contributed by atoms with Gasteiger partial charge in [-0.2, -0.15) is 0 Å². The average Bonchev–Trinajstić information content (AvgIpc) is 2.86. The van der Waals surface area contributed by atoms with E-state index in [1.807, 2.05) is 48.5 Å². The summed E-state index contributed by atoms with van der Waals surface area (Å²) in [6.07, 6.45) is 0. The summed E-state index contributed by atoms with van der Waals surface area (Å²) in [4.78, 5) is 36.4. The third-order valence-corrected chi connectivity index (χ3v) is 4.93. The van der Waals surface area contributed by atoms with Crippen molar-refractivity contribution in [2.24, 2.45) is 0 Å². The van der Waals surface area contributed by atoms with E-state index >= 15 is 0 Å². The van der Waals surface area contributed by atoms with Gasteiger partial charge in [-0.15, -0.1) is 0 Å². The van der Waals surface area contributed by atoms with Crippen molar-refractivity contribution in [2.45, 2.75) is 6.92 Å². The number of hydrogen-bond acceptors (Lipinski definition) is 7. The zero-order valence-corrected chi connectivity index (χ0v) is 24.2. The standard InChI is InChI=1S/C13H14N2O3.C12H11NO2.CH3.BrH.Mg/c1-15(18-3)13(16)12-6-4-9-8-10(17-2)5-7-11(9)14-12;1-8(14)11-5-3-9-7-10(15-2)4-6-12(9)13-11;;;/h4-8H,1-3H3;3-7H,1-2H3;1H3;1H;/q;;-1;;+2/p-1. The summed E-state index contributed by atoms with van der Waals surface area (Å²) in [5.41, 5.74) is 2.39. The number of ketones is 1. The van der Waals surface area contributed by atoms with Crippen molar-refractivity contribution in [3.05, 3.63) is 79.5 Å². The topological polar surface area (TPSA) is 90.8 Å². The summed E-state index contributed by atoms with van der Waals surface area (Å²) in [5, 5.41) is 3.03. The minimum Gasteiger partial charge on any atom is -1.00 e. The van der Waals surface area contributed by atoms with Crippen LogP contribution >= 0.6 is 0 Å². The molecule has 0 saturated heterocycles. The monoisotopic (exact) mass is 565 g/mol. The Labute approximate surface area is 237 Å². The van der Waals surface area contributed by atoms with Gasteiger partial charge in [-0.25, -0.2) is 15.0 Å². The van der Waals surface area contributed by atoms with Crippen molar-refractivity contribution in [3.8, 4) is 11.5 Å². The third-order valence-electron chi connectivity index (χ3n) is 4.93. The Kier molecular flexibility index (Phi) is 14.2. The number of fused-ring (bicyclic) bond motifs is 2. The van der Waals surface area contributed by atoms with E-state index in [0.29, 0.717) is 11.4 Å². The molecular weight excluding hydrogens is 539 g/mol. The van der Waals surface area contributed by atoms with Crippen LogP contribution in [0.5, 0.6) is 11.5 Å². The molecule has 2 aromatic heterocycles. The number of pyridine rings is 2. The van der Waals surface area contributed by atoms with Gasteiger partial charge < -0.3 is 33.9 Å². The van der Waals surface area contributed by atoms with Crippen LogP contribution in [0.2, 0.25) is 0 Å². The van der Waals surface area contributed by atoms with Gasteiger partial charge in [0.1, 0.15) is 22.9 Å². The number of benzene rings is 2. The van der Waals surface area contributed by atoms with Crippen LogP contribution in [-0.2, 0) is 4.84 Å². The molecule has 2 aromatic carbocycles. The fourth-order valence-electron chi connectivity index (χ4n) is 3.02. The summed E-state index contributed by atoms with van der Waals surface area (Å²) in [6, 6.07) is 18.2. The Hall–Kier alpha value is -2.79. The zero-order chi connectivity index (χ0) is 24.0. The fraction of sp³-hybridized carbons (Fsp3) is 0.192. The van der Waals surface area contributed by atoms with Gasteiger partial charge >= 0.3 is 23.1 Å². The first kappa shape index (κ1) is 33.2. The molecule has 4 rings (SSSR count). The van der Waals surface area contributed by atoms with Crippen molar-refractivity contribution in [2.75, 3.05) is 28.4 Å². The first-order valence-electron chi connectivity index (χ1n) is 10.1. The predicted molar refractivity (Wildman–Crippen MR) is 138 cm³/mol. The Morgan fingerprint density at radius 2 is 1.19 bits per heavy atom. The van der Waals surface area contributed by atoms with Gasteiger partial charge in [0.25, 0.3) is 5.91 Å². The maximum absolute atomic E-state index is 11.9. The van der Waals surface area contributed by atoms with Gasteiger partial charge in [-0.3, -0.25) is 14.4 Å². The van der Waals surface area contributed by atoms with E-state index in [-0.39, 0.29) is 59.2 Å². The number of halogens is 1. The van der Waals surface area contributed by atoms with E-state index in [4.69, 9.17) is 14.3 Å². The number of aromatic nitrogens is 2. The van der Waals surface area contributed by atoms with Gasteiger partial charge in [-0.1, -0.05) is 12.1 Å². The molecule has 0 atom stereocenters. The molecule has 186 valence electrons. The normalized spacial score (nSPS) is 9.47. The van der Waals surface area contributed by atoms with Crippen molar-refractivity contribution in [1.29, 1.82) is 0 Å². The summed E-state index contributed by atoms with van der Waals surface area (Å²) in [7, 11) is 6.21. The number of rotatable bonds is 5. The Morgan fingerprint density at radius 1 is 0.750 bits per heavy atom. The molecule has 4 aromatic rings. The van der Waals surface area contributed by atoms with Gasteiger partial charge in [0.05, 0.1) is 32.4 Å². The second-order valence-corrected chi connectivity index (χ2v) is 7.05. The second kappa shape index (κ2) is 15.3. The van der Waals surface area contributed by atoms with E-state index < -0.39 is 0 Å². The molecule has 0 N–H and O–H groups in total. The molecule has 0 bridgehead atoms. The van der Waals surface area contributed by atoms with Gasteiger partial charge in [0, 0.05) is 24.7 Å². The first-order valence-corrected chi connectivity index (χ1v) is 10.1. The van der Waals surface area contributed by atoms with Crippen LogP contribution in [0, 0.1) is 7.43 Å². The molecule has 0 saturated carbocycles. The zero-order valence-electron chi connectivity index (χ0n) is 21.2. The fourth-order valence-corrected chi connectivity index (χ4v) is 3.02. The second-order valence-electron chi connectivity index (χ2n) is 7.05. The van der Waals surface area contributed by atoms with Crippen LogP contribution in [0.4, 0.5) is 0 Å². The third kappa shape index (κ3) is 8.12. The number of ether oxygens (including phenoxy) is 2. The number of carbonyl (C=O) groups is 2. The summed E-state index contributed by atoms with van der Waals surface area (Å²) in [5.74, 6) is 1.25. The molecule has 0 aliphatic heterocycles. The predicted octanol–water partition coefficient (Wildman–Crippen LogP) is 1.40.